The molecule has 32 heavy (non-hydrogen) atoms. The fourth-order valence-corrected chi connectivity index (χ4v) is 4.70. The molecular formula is C23H23F3N2O3S. The molecule has 1 aromatic heterocycles. The highest BCUT2D eigenvalue weighted by Crippen LogP contribution is 2.30. The first-order valence-electron chi connectivity index (χ1n) is 9.79. The standard InChI is InChI=1S/C23H23F3N2O3S/c1-15-12-20(13-18(14-32(27,30)31)16-6-4-3-5-7-16)28(2)21(15)22(29)17-8-10-19(11-9-17)23(24,25)26/h3-12,18H,13-14H2,1-2H3,(H2,27,30,31). The van der Waals surface area contributed by atoms with Crippen molar-refractivity contribution in [2.24, 2.45) is 12.2 Å². The third-order valence-electron chi connectivity index (χ3n) is 5.37. The van der Waals surface area contributed by atoms with Crippen molar-refractivity contribution in [1.29, 1.82) is 0 Å². The zero-order valence-electron chi connectivity index (χ0n) is 17.6. The molecule has 0 bridgehead atoms. The van der Waals surface area contributed by atoms with Crippen molar-refractivity contribution in [3.63, 3.8) is 0 Å². The SMILES string of the molecule is Cc1cc(CC(CS(N)(=O)=O)c2ccccc2)n(C)c1C(=O)c1ccc(C(F)(F)F)cc1. The molecule has 0 saturated heterocycles. The Bertz CT molecular complexity index is 1220. The van der Waals surface area contributed by atoms with Crippen LogP contribution >= 0.6 is 0 Å². The molecule has 1 atom stereocenters. The number of nitrogens with zero attached hydrogens (tertiary/aromatic N) is 1. The molecule has 3 aromatic rings. The molecule has 1 heterocycles. The first kappa shape index (κ1) is 23.7. The average molecular weight is 465 g/mol. The van der Waals surface area contributed by atoms with E-state index in [1.165, 1.54) is 0 Å². The summed E-state index contributed by atoms with van der Waals surface area (Å²) in [5.74, 6) is -1.09. The summed E-state index contributed by atoms with van der Waals surface area (Å²) in [5.41, 5.74) is 1.81. The Hall–Kier alpha value is -2.91. The van der Waals surface area contributed by atoms with Crippen molar-refractivity contribution in [2.75, 3.05) is 5.75 Å². The van der Waals surface area contributed by atoms with Gasteiger partial charge < -0.3 is 4.57 Å². The van der Waals surface area contributed by atoms with Crippen molar-refractivity contribution >= 4 is 15.8 Å². The van der Waals surface area contributed by atoms with Crippen molar-refractivity contribution in [1.82, 2.24) is 4.57 Å². The zero-order chi connectivity index (χ0) is 23.7. The lowest BCUT2D eigenvalue weighted by Crippen LogP contribution is -2.24. The van der Waals surface area contributed by atoms with Crippen LogP contribution in [0.5, 0.6) is 0 Å². The molecule has 2 N–H and O–H groups in total. The van der Waals surface area contributed by atoms with Gasteiger partial charge in [-0.1, -0.05) is 42.5 Å². The normalized spacial score (nSPS) is 13.2. The number of benzene rings is 2. The van der Waals surface area contributed by atoms with Crippen LogP contribution in [0.25, 0.3) is 0 Å². The van der Waals surface area contributed by atoms with Crippen LogP contribution in [0, 0.1) is 6.92 Å². The summed E-state index contributed by atoms with van der Waals surface area (Å²) in [6, 6.07) is 14.9. The van der Waals surface area contributed by atoms with Crippen LogP contribution in [0.2, 0.25) is 0 Å². The Labute approximate surface area is 184 Å². The van der Waals surface area contributed by atoms with Crippen LogP contribution < -0.4 is 5.14 Å². The van der Waals surface area contributed by atoms with Gasteiger partial charge in [0.15, 0.2) is 0 Å². The zero-order valence-corrected chi connectivity index (χ0v) is 18.4. The van der Waals surface area contributed by atoms with E-state index >= 15 is 0 Å². The quantitative estimate of drug-likeness (QED) is 0.532. The molecule has 0 aliphatic heterocycles. The van der Waals surface area contributed by atoms with Gasteiger partial charge in [-0.2, -0.15) is 13.2 Å². The van der Waals surface area contributed by atoms with E-state index in [2.05, 4.69) is 0 Å². The molecule has 1 unspecified atom stereocenters. The van der Waals surface area contributed by atoms with E-state index in [1.54, 1.807) is 36.7 Å². The maximum atomic E-state index is 13.0. The Morgan fingerprint density at radius 2 is 1.66 bits per heavy atom. The minimum Gasteiger partial charge on any atom is -0.345 e. The number of primary sulfonamides is 1. The van der Waals surface area contributed by atoms with Gasteiger partial charge in [0.25, 0.3) is 0 Å². The second-order valence-corrected chi connectivity index (χ2v) is 9.43. The third-order valence-corrected chi connectivity index (χ3v) is 6.24. The van der Waals surface area contributed by atoms with Gasteiger partial charge in [0.1, 0.15) is 0 Å². The second-order valence-electron chi connectivity index (χ2n) is 7.77. The first-order chi connectivity index (χ1) is 14.9. The Kier molecular flexibility index (Phi) is 6.61. The fraction of sp³-hybridized carbons (Fsp3) is 0.261. The molecule has 0 amide bonds. The van der Waals surface area contributed by atoms with Gasteiger partial charge >= 0.3 is 6.18 Å². The molecule has 0 spiro atoms. The smallest absolute Gasteiger partial charge is 0.345 e. The number of alkyl halides is 3. The molecule has 5 nitrogen and oxygen atoms in total. The largest absolute Gasteiger partial charge is 0.416 e. The van der Waals surface area contributed by atoms with E-state index in [0.717, 1.165) is 35.5 Å². The number of rotatable bonds is 7. The van der Waals surface area contributed by atoms with Crippen LogP contribution in [-0.4, -0.2) is 24.5 Å². The highest BCUT2D eigenvalue weighted by Gasteiger charge is 2.30. The Morgan fingerprint density at radius 1 is 1.06 bits per heavy atom. The summed E-state index contributed by atoms with van der Waals surface area (Å²) in [6.45, 7) is 1.73. The Morgan fingerprint density at radius 3 is 2.19 bits per heavy atom. The number of aryl methyl sites for hydroxylation is 1. The number of nitrogens with two attached hydrogens (primary N) is 1. The maximum Gasteiger partial charge on any atom is 0.416 e. The summed E-state index contributed by atoms with van der Waals surface area (Å²) in [6.07, 6.45) is -4.16. The molecule has 0 radical (unpaired) electrons. The van der Waals surface area contributed by atoms with Crippen LogP contribution in [0.3, 0.4) is 0 Å². The fourth-order valence-electron chi connectivity index (χ4n) is 3.83. The topological polar surface area (TPSA) is 82.2 Å². The number of ketones is 1. The van der Waals surface area contributed by atoms with Crippen molar-refractivity contribution < 1.29 is 26.4 Å². The lowest BCUT2D eigenvalue weighted by atomic mass is 9.96. The number of carbonyl (C=O) groups is 1. The van der Waals surface area contributed by atoms with Crippen molar-refractivity contribution in [2.45, 2.75) is 25.4 Å². The highest BCUT2D eigenvalue weighted by molar-refractivity contribution is 7.89. The van der Waals surface area contributed by atoms with Gasteiger partial charge in [0.05, 0.1) is 17.0 Å². The van der Waals surface area contributed by atoms with Gasteiger partial charge in [0, 0.05) is 24.2 Å². The minimum absolute atomic E-state index is 0.137. The predicted molar refractivity (Wildman–Crippen MR) is 116 cm³/mol. The molecule has 170 valence electrons. The van der Waals surface area contributed by atoms with Crippen molar-refractivity contribution in [3.05, 3.63) is 94.3 Å². The van der Waals surface area contributed by atoms with E-state index in [-0.39, 0.29) is 11.3 Å². The molecule has 0 aliphatic carbocycles. The van der Waals surface area contributed by atoms with Crippen LogP contribution in [-0.2, 0) is 29.7 Å². The van der Waals surface area contributed by atoms with E-state index in [9.17, 15) is 26.4 Å². The Balaban J connectivity index is 1.93. The van der Waals surface area contributed by atoms with Gasteiger partial charge in [0.2, 0.25) is 15.8 Å². The van der Waals surface area contributed by atoms with Gasteiger partial charge in [-0.25, -0.2) is 13.6 Å². The summed E-state index contributed by atoms with van der Waals surface area (Å²) in [5, 5.41) is 5.30. The van der Waals surface area contributed by atoms with Crippen molar-refractivity contribution in [3.8, 4) is 0 Å². The lowest BCUT2D eigenvalue weighted by molar-refractivity contribution is -0.137. The van der Waals surface area contributed by atoms with Gasteiger partial charge in [-0.15, -0.1) is 0 Å². The van der Waals surface area contributed by atoms with Crippen LogP contribution in [0.1, 0.15) is 44.4 Å². The van der Waals surface area contributed by atoms with Gasteiger partial charge in [-0.3, -0.25) is 4.79 Å². The van der Waals surface area contributed by atoms with Crippen LogP contribution in [0.15, 0.2) is 60.7 Å². The predicted octanol–water partition coefficient (Wildman–Crippen LogP) is 4.20. The average Bonchev–Trinajstić information content (AvgIpc) is 2.99. The molecule has 0 fully saturated rings. The van der Waals surface area contributed by atoms with E-state index in [0.29, 0.717) is 17.7 Å². The number of aromatic nitrogens is 1. The summed E-state index contributed by atoms with van der Waals surface area (Å²) >= 11 is 0. The monoisotopic (exact) mass is 464 g/mol. The van der Waals surface area contributed by atoms with E-state index in [1.807, 2.05) is 18.2 Å². The number of hydrogen-bond acceptors (Lipinski definition) is 3. The first-order valence-corrected chi connectivity index (χ1v) is 11.5. The number of sulfonamides is 1. The lowest BCUT2D eigenvalue weighted by Gasteiger charge is -2.17. The molecule has 0 saturated carbocycles. The molecule has 2 aromatic carbocycles. The number of halogens is 3. The number of carbonyl (C=O) groups excluding carboxylic acids is 1. The number of hydrogen-bond donors (Lipinski definition) is 1. The third kappa shape index (κ3) is 5.46. The van der Waals surface area contributed by atoms with E-state index in [4.69, 9.17) is 5.14 Å². The summed E-state index contributed by atoms with van der Waals surface area (Å²) in [4.78, 5) is 13.0. The molecule has 0 aliphatic rings. The summed E-state index contributed by atoms with van der Waals surface area (Å²) < 4.78 is 63.7. The minimum atomic E-state index is -4.48. The molecular weight excluding hydrogens is 441 g/mol. The van der Waals surface area contributed by atoms with E-state index < -0.39 is 33.5 Å². The van der Waals surface area contributed by atoms with Gasteiger partial charge in [-0.05, 0) is 42.7 Å². The summed E-state index contributed by atoms with van der Waals surface area (Å²) in [7, 11) is -2.07. The maximum absolute atomic E-state index is 13.0. The molecule has 9 heteroatoms. The second kappa shape index (κ2) is 8.91. The molecule has 3 rings (SSSR count). The highest BCUT2D eigenvalue weighted by atomic mass is 32.2. The van der Waals surface area contributed by atoms with Crippen LogP contribution in [0.4, 0.5) is 13.2 Å².